The summed E-state index contributed by atoms with van der Waals surface area (Å²) in [5.74, 6) is -0.652. The topological polar surface area (TPSA) is 72.8 Å². The van der Waals surface area contributed by atoms with E-state index in [1.807, 2.05) is 0 Å². The number of hydrogen-bond acceptors (Lipinski definition) is 5. The lowest BCUT2D eigenvalue weighted by Gasteiger charge is -2.15. The summed E-state index contributed by atoms with van der Waals surface area (Å²) in [4.78, 5) is 24.4. The Morgan fingerprint density at radius 3 is 1.20 bits per heavy atom. The average Bonchev–Trinajstić information content (AvgIpc) is 3.20. The molecule has 1 N–H and O–H groups in total. The standard InChI is InChI=1S/C51H84O5/c1-3-5-7-9-11-13-15-17-19-21-23-25-27-29-31-33-35-37-39-41-43-45-50(53)55-48-49(47-52)56-51(54)46-44-42-40-38-36-34-32-30-28-26-24-22-20-18-16-14-12-10-8-6-4-2/h6,8,12,14-15,17-18,20-21,23-24,26,30,32,36,38,49,52H,3-5,7,9-11,13,16,19,22,25,27-29,31,33-35,37,39-48H2,1-2H3/b8-6-,14-12-,17-15-,20-18-,23-21-,26-24-,32-30-,38-36-. The minimum atomic E-state index is -0.803. The minimum Gasteiger partial charge on any atom is -0.462 e. The predicted molar refractivity (Wildman–Crippen MR) is 242 cm³/mol. The predicted octanol–water partition coefficient (Wildman–Crippen LogP) is 14.8. The van der Waals surface area contributed by atoms with Crippen LogP contribution in [0.25, 0.3) is 0 Å². The first-order valence-electron chi connectivity index (χ1n) is 22.8. The minimum absolute atomic E-state index is 0.0916. The molecular formula is C51H84O5. The van der Waals surface area contributed by atoms with E-state index < -0.39 is 6.10 Å². The third-order valence-electron chi connectivity index (χ3n) is 9.36. The molecule has 0 aromatic rings. The molecule has 0 aliphatic heterocycles. The van der Waals surface area contributed by atoms with E-state index in [2.05, 4.69) is 111 Å². The van der Waals surface area contributed by atoms with Crippen LogP contribution in [0.3, 0.4) is 0 Å². The molecule has 5 heteroatoms. The van der Waals surface area contributed by atoms with E-state index in [0.29, 0.717) is 12.8 Å². The van der Waals surface area contributed by atoms with Gasteiger partial charge in [0, 0.05) is 12.8 Å². The van der Waals surface area contributed by atoms with Crippen LogP contribution in [0.2, 0.25) is 0 Å². The van der Waals surface area contributed by atoms with Crippen LogP contribution in [-0.2, 0) is 19.1 Å². The van der Waals surface area contributed by atoms with Crippen molar-refractivity contribution < 1.29 is 24.2 Å². The molecule has 0 aliphatic carbocycles. The molecule has 56 heavy (non-hydrogen) atoms. The summed E-state index contributed by atoms with van der Waals surface area (Å²) in [5, 5.41) is 9.59. The monoisotopic (exact) mass is 777 g/mol. The van der Waals surface area contributed by atoms with Crippen molar-refractivity contribution in [3.8, 4) is 0 Å². The molecular weight excluding hydrogens is 693 g/mol. The van der Waals surface area contributed by atoms with Crippen LogP contribution in [0.15, 0.2) is 97.2 Å². The van der Waals surface area contributed by atoms with Gasteiger partial charge in [0.15, 0.2) is 6.10 Å². The summed E-state index contributed by atoms with van der Waals surface area (Å²) < 4.78 is 10.6. The van der Waals surface area contributed by atoms with E-state index in [1.165, 1.54) is 83.5 Å². The van der Waals surface area contributed by atoms with Crippen molar-refractivity contribution in [2.75, 3.05) is 13.2 Å². The Hall–Kier alpha value is -3.18. The van der Waals surface area contributed by atoms with Crippen LogP contribution in [0, 0.1) is 0 Å². The molecule has 0 spiro atoms. The summed E-state index contributed by atoms with van der Waals surface area (Å²) in [7, 11) is 0. The molecule has 0 heterocycles. The van der Waals surface area contributed by atoms with E-state index in [1.54, 1.807) is 0 Å². The highest BCUT2D eigenvalue weighted by Gasteiger charge is 2.16. The molecule has 0 bridgehead atoms. The lowest BCUT2D eigenvalue weighted by atomic mass is 10.1. The highest BCUT2D eigenvalue weighted by molar-refractivity contribution is 5.70. The van der Waals surface area contributed by atoms with Gasteiger partial charge in [-0.25, -0.2) is 0 Å². The fraction of sp³-hybridized carbons (Fsp3) is 0.647. The van der Waals surface area contributed by atoms with Crippen LogP contribution >= 0.6 is 0 Å². The number of unbranched alkanes of at least 4 members (excludes halogenated alkanes) is 16. The van der Waals surface area contributed by atoms with Gasteiger partial charge in [0.05, 0.1) is 6.61 Å². The molecule has 0 fully saturated rings. The van der Waals surface area contributed by atoms with E-state index >= 15 is 0 Å². The number of carbonyl (C=O) groups is 2. The fourth-order valence-electron chi connectivity index (χ4n) is 5.94. The number of ether oxygens (including phenoxy) is 2. The molecule has 1 unspecified atom stereocenters. The van der Waals surface area contributed by atoms with E-state index in [4.69, 9.17) is 9.47 Å². The number of rotatable bonds is 40. The largest absolute Gasteiger partial charge is 0.462 e. The van der Waals surface area contributed by atoms with Gasteiger partial charge in [-0.3, -0.25) is 9.59 Å². The maximum atomic E-state index is 12.2. The Labute approximate surface area is 345 Å². The fourth-order valence-corrected chi connectivity index (χ4v) is 5.94. The lowest BCUT2D eigenvalue weighted by Crippen LogP contribution is -2.28. The highest BCUT2D eigenvalue weighted by Crippen LogP contribution is 2.13. The van der Waals surface area contributed by atoms with Gasteiger partial charge in [0.25, 0.3) is 0 Å². The summed E-state index contributed by atoms with van der Waals surface area (Å²) in [6.45, 7) is 3.97. The normalized spacial score (nSPS) is 13.1. The van der Waals surface area contributed by atoms with Crippen molar-refractivity contribution >= 4 is 11.9 Å². The third kappa shape index (κ3) is 43.5. The van der Waals surface area contributed by atoms with Crippen LogP contribution < -0.4 is 0 Å². The van der Waals surface area contributed by atoms with Gasteiger partial charge in [0.1, 0.15) is 6.61 Å². The van der Waals surface area contributed by atoms with Gasteiger partial charge in [-0.1, -0.05) is 182 Å². The van der Waals surface area contributed by atoms with Gasteiger partial charge in [0.2, 0.25) is 0 Å². The molecule has 0 aliphatic rings. The molecule has 0 saturated heterocycles. The number of esters is 2. The number of aliphatic hydroxyl groups is 1. The first kappa shape index (κ1) is 52.8. The Kier molecular flexibility index (Phi) is 43.6. The Morgan fingerprint density at radius 1 is 0.429 bits per heavy atom. The van der Waals surface area contributed by atoms with Crippen LogP contribution in [0.5, 0.6) is 0 Å². The van der Waals surface area contributed by atoms with Crippen LogP contribution in [-0.4, -0.2) is 36.4 Å². The van der Waals surface area contributed by atoms with Crippen molar-refractivity contribution in [2.45, 2.75) is 200 Å². The maximum Gasteiger partial charge on any atom is 0.306 e. The number of aliphatic hydroxyl groups excluding tert-OH is 1. The summed E-state index contributed by atoms with van der Waals surface area (Å²) in [6.07, 6.45) is 64.8. The van der Waals surface area contributed by atoms with Crippen molar-refractivity contribution in [3.05, 3.63) is 97.2 Å². The number of carbonyl (C=O) groups excluding carboxylic acids is 2. The first-order valence-corrected chi connectivity index (χ1v) is 22.8. The number of allylic oxidation sites excluding steroid dienone is 16. The van der Waals surface area contributed by atoms with Crippen LogP contribution in [0.4, 0.5) is 0 Å². The summed E-state index contributed by atoms with van der Waals surface area (Å²) >= 11 is 0. The van der Waals surface area contributed by atoms with Gasteiger partial charge in [-0.05, 0) is 96.3 Å². The van der Waals surface area contributed by atoms with Gasteiger partial charge >= 0.3 is 11.9 Å². The molecule has 0 aromatic heterocycles. The van der Waals surface area contributed by atoms with Gasteiger partial charge < -0.3 is 14.6 Å². The second-order valence-electron chi connectivity index (χ2n) is 14.7. The summed E-state index contributed by atoms with van der Waals surface area (Å²) in [6, 6.07) is 0. The molecule has 318 valence electrons. The zero-order chi connectivity index (χ0) is 40.7. The molecule has 5 nitrogen and oxygen atoms in total. The third-order valence-corrected chi connectivity index (χ3v) is 9.36. The maximum absolute atomic E-state index is 12.2. The number of hydrogen-bond donors (Lipinski definition) is 1. The molecule has 0 rings (SSSR count). The SMILES string of the molecule is CC/C=C\C/C=C\C/C=C\C/C=C\C/C=C\C/C=C\CCCCC(=O)OC(CO)COC(=O)CCCCCCCCCCC/C=C\C/C=C\CCCCCCC. The zero-order valence-corrected chi connectivity index (χ0v) is 36.1. The summed E-state index contributed by atoms with van der Waals surface area (Å²) in [5.41, 5.74) is 0. The Bertz CT molecular complexity index is 1110. The van der Waals surface area contributed by atoms with Crippen molar-refractivity contribution in [1.82, 2.24) is 0 Å². The zero-order valence-electron chi connectivity index (χ0n) is 36.1. The second kappa shape index (κ2) is 46.2. The molecule has 1 atom stereocenters. The van der Waals surface area contributed by atoms with E-state index in [-0.39, 0.29) is 25.2 Å². The molecule has 0 aromatic carbocycles. The second-order valence-corrected chi connectivity index (χ2v) is 14.7. The van der Waals surface area contributed by atoms with Gasteiger partial charge in [-0.2, -0.15) is 0 Å². The first-order chi connectivity index (χ1) is 27.6. The van der Waals surface area contributed by atoms with Crippen molar-refractivity contribution in [1.29, 1.82) is 0 Å². The van der Waals surface area contributed by atoms with Crippen LogP contribution in [0.1, 0.15) is 194 Å². The van der Waals surface area contributed by atoms with E-state index in [9.17, 15) is 14.7 Å². The molecule has 0 amide bonds. The van der Waals surface area contributed by atoms with Crippen molar-refractivity contribution in [2.24, 2.45) is 0 Å². The average molecular weight is 777 g/mol. The Balaban J connectivity index is 3.65. The van der Waals surface area contributed by atoms with Crippen molar-refractivity contribution in [3.63, 3.8) is 0 Å². The molecule has 0 radical (unpaired) electrons. The lowest BCUT2D eigenvalue weighted by molar-refractivity contribution is -0.161. The quantitative estimate of drug-likeness (QED) is 0.0381. The smallest absolute Gasteiger partial charge is 0.306 e. The van der Waals surface area contributed by atoms with E-state index in [0.717, 1.165) is 83.5 Å². The highest BCUT2D eigenvalue weighted by atomic mass is 16.6. The Morgan fingerprint density at radius 2 is 0.768 bits per heavy atom. The molecule has 0 saturated carbocycles. The van der Waals surface area contributed by atoms with Gasteiger partial charge in [-0.15, -0.1) is 0 Å².